The first-order chi connectivity index (χ1) is 13.8. The average Bonchev–Trinajstić information content (AvgIpc) is 2.64. The summed E-state index contributed by atoms with van der Waals surface area (Å²) in [4.78, 5) is 38.8. The standard InChI is InChI=1S/C22H28FN3O3/c1-26(19(20(24)28)16-3-2-4-17(23)8-16)18(27)12-25-21(29)22-9-13-5-14(10-22)7-15(6-13)11-22/h2-4,8,13-15,19H,5-7,9-12H2,1H3,(H2,24,28)(H,25,29). The molecule has 4 saturated carbocycles. The van der Waals surface area contributed by atoms with E-state index in [1.54, 1.807) is 6.07 Å². The smallest absolute Gasteiger partial charge is 0.244 e. The monoisotopic (exact) mass is 401 g/mol. The fraction of sp³-hybridized carbons (Fsp3) is 0.591. The minimum atomic E-state index is -1.09. The first-order valence-corrected chi connectivity index (χ1v) is 10.4. The highest BCUT2D eigenvalue weighted by molar-refractivity contribution is 5.91. The Morgan fingerprint density at radius 2 is 1.76 bits per heavy atom. The number of nitrogens with two attached hydrogens (primary N) is 1. The van der Waals surface area contributed by atoms with Crippen molar-refractivity contribution in [1.29, 1.82) is 0 Å². The van der Waals surface area contributed by atoms with E-state index >= 15 is 0 Å². The van der Waals surface area contributed by atoms with Crippen LogP contribution in [0.4, 0.5) is 4.39 Å². The molecule has 0 spiro atoms. The summed E-state index contributed by atoms with van der Waals surface area (Å²) in [5.74, 6) is 0.173. The Labute approximate surface area is 170 Å². The van der Waals surface area contributed by atoms with E-state index in [0.717, 1.165) is 19.3 Å². The van der Waals surface area contributed by atoms with Gasteiger partial charge in [0.25, 0.3) is 0 Å². The van der Waals surface area contributed by atoms with E-state index in [1.807, 2.05) is 0 Å². The van der Waals surface area contributed by atoms with Crippen LogP contribution >= 0.6 is 0 Å². The Balaban J connectivity index is 1.41. The van der Waals surface area contributed by atoms with Gasteiger partial charge in [-0.05, 0) is 74.0 Å². The molecule has 0 heterocycles. The third-order valence-electron chi connectivity index (χ3n) is 7.13. The molecule has 0 aliphatic heterocycles. The molecule has 1 aromatic carbocycles. The van der Waals surface area contributed by atoms with Crippen LogP contribution in [0.1, 0.15) is 50.1 Å². The van der Waals surface area contributed by atoms with Gasteiger partial charge < -0.3 is 16.0 Å². The number of carbonyl (C=O) groups excluding carboxylic acids is 3. The number of likely N-dealkylation sites (N-methyl/N-ethyl adjacent to an activating group) is 1. The Morgan fingerprint density at radius 1 is 1.17 bits per heavy atom. The summed E-state index contributed by atoms with van der Waals surface area (Å²) in [7, 11) is 1.44. The minimum Gasteiger partial charge on any atom is -0.368 e. The lowest BCUT2D eigenvalue weighted by atomic mass is 9.49. The zero-order chi connectivity index (χ0) is 20.8. The van der Waals surface area contributed by atoms with E-state index in [4.69, 9.17) is 5.73 Å². The maximum atomic E-state index is 13.6. The lowest BCUT2D eigenvalue weighted by Crippen LogP contribution is -2.55. The van der Waals surface area contributed by atoms with E-state index in [9.17, 15) is 18.8 Å². The molecule has 29 heavy (non-hydrogen) atoms. The molecule has 1 unspecified atom stereocenters. The van der Waals surface area contributed by atoms with Gasteiger partial charge in [0.15, 0.2) is 0 Å². The van der Waals surface area contributed by atoms with Crippen LogP contribution in [-0.2, 0) is 14.4 Å². The van der Waals surface area contributed by atoms with Crippen LogP contribution in [0.5, 0.6) is 0 Å². The molecule has 3 amide bonds. The zero-order valence-corrected chi connectivity index (χ0v) is 16.7. The second-order valence-corrected chi connectivity index (χ2v) is 9.25. The highest BCUT2D eigenvalue weighted by atomic mass is 19.1. The fourth-order valence-corrected chi connectivity index (χ4v) is 6.26. The van der Waals surface area contributed by atoms with Crippen molar-refractivity contribution < 1.29 is 18.8 Å². The number of carbonyl (C=O) groups is 3. The number of nitrogens with zero attached hydrogens (tertiary/aromatic N) is 1. The van der Waals surface area contributed by atoms with Crippen LogP contribution in [0.3, 0.4) is 0 Å². The molecule has 0 radical (unpaired) electrons. The van der Waals surface area contributed by atoms with Gasteiger partial charge in [-0.3, -0.25) is 14.4 Å². The summed E-state index contributed by atoms with van der Waals surface area (Å²) in [6.45, 7) is -0.198. The molecule has 1 atom stereocenters. The van der Waals surface area contributed by atoms with Gasteiger partial charge in [-0.25, -0.2) is 4.39 Å². The number of primary amides is 1. The molecule has 5 rings (SSSR count). The van der Waals surface area contributed by atoms with Crippen molar-refractivity contribution in [3.63, 3.8) is 0 Å². The van der Waals surface area contributed by atoms with Gasteiger partial charge in [0, 0.05) is 12.5 Å². The highest BCUT2D eigenvalue weighted by Crippen LogP contribution is 2.60. The molecule has 156 valence electrons. The van der Waals surface area contributed by atoms with Crippen LogP contribution in [0.2, 0.25) is 0 Å². The van der Waals surface area contributed by atoms with Crippen molar-refractivity contribution in [2.75, 3.05) is 13.6 Å². The fourth-order valence-electron chi connectivity index (χ4n) is 6.26. The van der Waals surface area contributed by atoms with Crippen molar-refractivity contribution in [3.8, 4) is 0 Å². The molecular weight excluding hydrogens is 373 g/mol. The molecule has 6 nitrogen and oxygen atoms in total. The molecule has 1 aromatic rings. The van der Waals surface area contributed by atoms with Crippen LogP contribution in [-0.4, -0.2) is 36.2 Å². The van der Waals surface area contributed by atoms with Crippen molar-refractivity contribution in [1.82, 2.24) is 10.2 Å². The van der Waals surface area contributed by atoms with Crippen LogP contribution < -0.4 is 11.1 Å². The van der Waals surface area contributed by atoms with E-state index in [1.165, 1.54) is 49.4 Å². The highest BCUT2D eigenvalue weighted by Gasteiger charge is 2.54. The van der Waals surface area contributed by atoms with E-state index in [-0.39, 0.29) is 17.9 Å². The first kappa shape index (κ1) is 19.9. The van der Waals surface area contributed by atoms with Gasteiger partial charge in [-0.2, -0.15) is 0 Å². The summed E-state index contributed by atoms with van der Waals surface area (Å²) in [5, 5.41) is 2.82. The molecule has 0 aromatic heterocycles. The Hall–Kier alpha value is -2.44. The van der Waals surface area contributed by atoms with Gasteiger partial charge in [0.05, 0.1) is 6.54 Å². The second-order valence-electron chi connectivity index (χ2n) is 9.25. The van der Waals surface area contributed by atoms with Gasteiger partial charge in [-0.15, -0.1) is 0 Å². The maximum Gasteiger partial charge on any atom is 0.244 e. The molecule has 4 bridgehead atoms. The van der Waals surface area contributed by atoms with Crippen molar-refractivity contribution >= 4 is 17.7 Å². The van der Waals surface area contributed by atoms with Gasteiger partial charge >= 0.3 is 0 Å². The number of amides is 3. The predicted octanol–water partition coefficient (Wildman–Crippen LogP) is 2.14. The number of benzene rings is 1. The van der Waals surface area contributed by atoms with E-state index < -0.39 is 23.7 Å². The average molecular weight is 401 g/mol. The lowest BCUT2D eigenvalue weighted by molar-refractivity contribution is -0.148. The third-order valence-corrected chi connectivity index (χ3v) is 7.13. The Bertz CT molecular complexity index is 805. The lowest BCUT2D eigenvalue weighted by Gasteiger charge is -2.55. The van der Waals surface area contributed by atoms with Crippen molar-refractivity contribution in [2.24, 2.45) is 28.9 Å². The number of rotatable bonds is 6. The first-order valence-electron chi connectivity index (χ1n) is 10.4. The van der Waals surface area contributed by atoms with Gasteiger partial charge in [-0.1, -0.05) is 12.1 Å². The number of nitrogens with one attached hydrogen (secondary N) is 1. The number of halogens is 1. The Kier molecular flexibility index (Phi) is 5.09. The van der Waals surface area contributed by atoms with E-state index in [2.05, 4.69) is 5.32 Å². The largest absolute Gasteiger partial charge is 0.368 e. The van der Waals surface area contributed by atoms with Crippen molar-refractivity contribution in [3.05, 3.63) is 35.6 Å². The molecule has 3 N–H and O–H groups in total. The second kappa shape index (κ2) is 7.43. The molecule has 0 saturated heterocycles. The van der Waals surface area contributed by atoms with Crippen molar-refractivity contribution in [2.45, 2.75) is 44.6 Å². The zero-order valence-electron chi connectivity index (χ0n) is 16.7. The maximum absolute atomic E-state index is 13.6. The summed E-state index contributed by atoms with van der Waals surface area (Å²) >= 11 is 0. The van der Waals surface area contributed by atoms with Gasteiger partial charge in [0.1, 0.15) is 11.9 Å². The molecule has 4 aliphatic carbocycles. The summed E-state index contributed by atoms with van der Waals surface area (Å²) < 4.78 is 13.6. The SMILES string of the molecule is CN(C(=O)CNC(=O)C12CC3CC(CC(C3)C1)C2)C(C(N)=O)c1cccc(F)c1. The molecule has 7 heteroatoms. The topological polar surface area (TPSA) is 92.5 Å². The van der Waals surface area contributed by atoms with Crippen LogP contribution in [0.15, 0.2) is 24.3 Å². The minimum absolute atomic E-state index is 0.0419. The van der Waals surface area contributed by atoms with Crippen LogP contribution in [0, 0.1) is 29.0 Å². The summed E-state index contributed by atoms with van der Waals surface area (Å²) in [5.41, 5.74) is 5.45. The number of hydrogen-bond acceptors (Lipinski definition) is 3. The Morgan fingerprint density at radius 3 is 2.28 bits per heavy atom. The van der Waals surface area contributed by atoms with Gasteiger partial charge in [0.2, 0.25) is 17.7 Å². The quantitative estimate of drug-likeness (QED) is 0.765. The normalized spacial score (nSPS) is 30.6. The third kappa shape index (κ3) is 3.74. The van der Waals surface area contributed by atoms with E-state index in [0.29, 0.717) is 23.3 Å². The number of hydrogen-bond donors (Lipinski definition) is 2. The molecule has 4 aliphatic rings. The molecule has 4 fully saturated rings. The predicted molar refractivity (Wildman–Crippen MR) is 105 cm³/mol. The summed E-state index contributed by atoms with van der Waals surface area (Å²) in [6, 6.07) is 4.38. The molecular formula is C22H28FN3O3. The van der Waals surface area contributed by atoms with Crippen LogP contribution in [0.25, 0.3) is 0 Å². The summed E-state index contributed by atoms with van der Waals surface area (Å²) in [6.07, 6.45) is 6.47.